The second kappa shape index (κ2) is 12.5. The van der Waals surface area contributed by atoms with Crippen LogP contribution in [0.4, 0.5) is 5.69 Å². The minimum absolute atomic E-state index is 0.0484. The van der Waals surface area contributed by atoms with Crippen LogP contribution in [0.1, 0.15) is 66.3 Å². The zero-order valence-corrected chi connectivity index (χ0v) is 23.6. The first-order valence-corrected chi connectivity index (χ1v) is 12.8. The number of benzene rings is 2. The number of likely N-dealkylation sites (tertiary alicyclic amines) is 1. The Bertz CT molecular complexity index is 1210. The van der Waals surface area contributed by atoms with Crippen molar-refractivity contribution in [1.82, 2.24) is 4.90 Å². The molecule has 0 spiro atoms. The molecule has 0 bridgehead atoms. The molecule has 3 rings (SSSR count). The van der Waals surface area contributed by atoms with E-state index in [0.717, 1.165) is 5.69 Å². The molecule has 1 aliphatic rings. The summed E-state index contributed by atoms with van der Waals surface area (Å²) in [4.78, 5) is 40.0. The van der Waals surface area contributed by atoms with Gasteiger partial charge in [0.1, 0.15) is 23.7 Å². The van der Waals surface area contributed by atoms with E-state index in [9.17, 15) is 14.4 Å². The van der Waals surface area contributed by atoms with Crippen LogP contribution in [0.25, 0.3) is 0 Å². The molecule has 9 nitrogen and oxygen atoms in total. The number of likely N-dealkylation sites (N-methyl/N-ethyl adjacent to an activating group) is 1. The van der Waals surface area contributed by atoms with Crippen LogP contribution in [-0.2, 0) is 9.53 Å². The van der Waals surface area contributed by atoms with Crippen molar-refractivity contribution in [3.8, 4) is 17.2 Å². The van der Waals surface area contributed by atoms with E-state index in [1.54, 1.807) is 24.3 Å². The number of hydrogen-bond donors (Lipinski definition) is 1. The highest BCUT2D eigenvalue weighted by molar-refractivity contribution is 6.34. The van der Waals surface area contributed by atoms with Gasteiger partial charge in [-0.25, -0.2) is 4.79 Å². The molecule has 2 aromatic rings. The van der Waals surface area contributed by atoms with Gasteiger partial charge in [0.2, 0.25) is 0 Å². The number of nitrogens with one attached hydrogen (secondary N) is 1. The third-order valence-electron chi connectivity index (χ3n) is 6.53. The van der Waals surface area contributed by atoms with Crippen molar-refractivity contribution >= 4 is 35.0 Å². The number of carbonyl (C=O) groups excluding carboxylic acids is 3. The number of methoxy groups -OCH3 is 2. The number of carbonyl (C=O) groups is 3. The predicted octanol–water partition coefficient (Wildman–Crippen LogP) is 4.95. The van der Waals surface area contributed by atoms with E-state index < -0.39 is 11.9 Å². The molecule has 1 aliphatic heterocycles. The number of ether oxygens (including phenoxy) is 4. The van der Waals surface area contributed by atoms with E-state index in [-0.39, 0.29) is 58.0 Å². The molecule has 0 amide bonds. The molecule has 1 saturated heterocycles. The van der Waals surface area contributed by atoms with Gasteiger partial charge >= 0.3 is 11.9 Å². The number of ketones is 1. The Kier molecular flexibility index (Phi) is 9.62. The van der Waals surface area contributed by atoms with E-state index in [1.807, 2.05) is 20.9 Å². The van der Waals surface area contributed by atoms with Gasteiger partial charge in [0.25, 0.3) is 0 Å². The third kappa shape index (κ3) is 6.39. The SMILES string of the molecule is COc1cc(OC)c([C@@H]2CCN(C)[C@H]2COC(C)=O)c(OC(=O)c2ccc(NC(C)C)cc2Cl)c1C(C)=O. The maximum atomic E-state index is 13.5. The van der Waals surface area contributed by atoms with E-state index in [2.05, 4.69) is 10.2 Å². The van der Waals surface area contributed by atoms with E-state index in [4.69, 9.17) is 30.5 Å². The Hall–Kier alpha value is -3.30. The molecule has 38 heavy (non-hydrogen) atoms. The average molecular weight is 547 g/mol. The summed E-state index contributed by atoms with van der Waals surface area (Å²) in [5.74, 6) is -1.09. The van der Waals surface area contributed by atoms with Gasteiger partial charge in [0.15, 0.2) is 11.5 Å². The molecule has 206 valence electrons. The second-order valence-electron chi connectivity index (χ2n) is 9.58. The van der Waals surface area contributed by atoms with E-state index in [1.165, 1.54) is 28.1 Å². The highest BCUT2D eigenvalue weighted by Crippen LogP contribution is 2.48. The summed E-state index contributed by atoms with van der Waals surface area (Å²) in [6, 6.07) is 6.53. The molecule has 0 unspecified atom stereocenters. The molecule has 0 saturated carbocycles. The van der Waals surface area contributed by atoms with Gasteiger partial charge in [-0.15, -0.1) is 0 Å². The van der Waals surface area contributed by atoms with Gasteiger partial charge in [-0.1, -0.05) is 11.6 Å². The highest BCUT2D eigenvalue weighted by atomic mass is 35.5. The molecule has 0 aromatic heterocycles. The molecule has 10 heteroatoms. The molecule has 0 radical (unpaired) electrons. The van der Waals surface area contributed by atoms with Crippen LogP contribution < -0.4 is 19.5 Å². The summed E-state index contributed by atoms with van der Waals surface area (Å²) in [6.07, 6.45) is 0.656. The van der Waals surface area contributed by atoms with Crippen LogP contribution in [0.5, 0.6) is 17.2 Å². The van der Waals surface area contributed by atoms with Crippen LogP contribution >= 0.6 is 11.6 Å². The van der Waals surface area contributed by atoms with Crippen LogP contribution in [0.3, 0.4) is 0 Å². The Morgan fingerprint density at radius 2 is 1.79 bits per heavy atom. The summed E-state index contributed by atoms with van der Waals surface area (Å²) in [5.41, 5.74) is 1.55. The lowest BCUT2D eigenvalue weighted by molar-refractivity contribution is -0.142. The number of hydrogen-bond acceptors (Lipinski definition) is 9. The maximum absolute atomic E-state index is 13.5. The number of halogens is 1. The van der Waals surface area contributed by atoms with Crippen molar-refractivity contribution in [3.05, 3.63) is 46.0 Å². The fourth-order valence-electron chi connectivity index (χ4n) is 4.79. The highest BCUT2D eigenvalue weighted by Gasteiger charge is 2.40. The average Bonchev–Trinajstić information content (AvgIpc) is 3.20. The van der Waals surface area contributed by atoms with E-state index >= 15 is 0 Å². The Labute approximate surface area is 228 Å². The van der Waals surface area contributed by atoms with Gasteiger partial charge in [0.05, 0.1) is 30.8 Å². The Balaban J connectivity index is 2.15. The van der Waals surface area contributed by atoms with Crippen LogP contribution in [0, 0.1) is 0 Å². The summed E-state index contributed by atoms with van der Waals surface area (Å²) < 4.78 is 22.5. The molecule has 2 atom stereocenters. The summed E-state index contributed by atoms with van der Waals surface area (Å²) in [5, 5.41) is 3.44. The van der Waals surface area contributed by atoms with Crippen LogP contribution in [0.2, 0.25) is 5.02 Å². The minimum atomic E-state index is -0.729. The van der Waals surface area contributed by atoms with Gasteiger partial charge in [-0.05, 0) is 59.0 Å². The normalized spacial score (nSPS) is 17.3. The molecule has 2 aromatic carbocycles. The first-order chi connectivity index (χ1) is 18.0. The van der Waals surface area contributed by atoms with Crippen molar-refractivity contribution in [2.75, 3.05) is 39.7 Å². The first kappa shape index (κ1) is 29.3. The monoisotopic (exact) mass is 546 g/mol. The molecule has 1 fully saturated rings. The maximum Gasteiger partial charge on any atom is 0.345 e. The summed E-state index contributed by atoms with van der Waals surface area (Å²) in [6.45, 7) is 7.54. The van der Waals surface area contributed by atoms with Crippen LogP contribution in [-0.4, -0.2) is 69.1 Å². The first-order valence-electron chi connectivity index (χ1n) is 12.4. The lowest BCUT2D eigenvalue weighted by atomic mass is 9.87. The van der Waals surface area contributed by atoms with Crippen molar-refractivity contribution in [1.29, 1.82) is 0 Å². The lowest BCUT2D eigenvalue weighted by Crippen LogP contribution is -2.34. The molecule has 1 N–H and O–H groups in total. The molecule has 0 aliphatic carbocycles. The molecule has 1 heterocycles. The van der Waals surface area contributed by atoms with Crippen molar-refractivity contribution in [3.63, 3.8) is 0 Å². The lowest BCUT2D eigenvalue weighted by Gasteiger charge is -2.28. The largest absolute Gasteiger partial charge is 0.496 e. The zero-order chi connectivity index (χ0) is 28.1. The van der Waals surface area contributed by atoms with Crippen molar-refractivity contribution in [2.45, 2.75) is 52.1 Å². The topological polar surface area (TPSA) is 103 Å². The Morgan fingerprint density at radius 1 is 1.11 bits per heavy atom. The number of anilines is 1. The van der Waals surface area contributed by atoms with E-state index in [0.29, 0.717) is 24.3 Å². The smallest absolute Gasteiger partial charge is 0.345 e. The minimum Gasteiger partial charge on any atom is -0.496 e. The quantitative estimate of drug-likeness (QED) is 0.252. The molecular weight excluding hydrogens is 512 g/mol. The summed E-state index contributed by atoms with van der Waals surface area (Å²) >= 11 is 6.46. The second-order valence-corrected chi connectivity index (χ2v) is 9.99. The zero-order valence-electron chi connectivity index (χ0n) is 22.8. The number of rotatable bonds is 10. The van der Waals surface area contributed by atoms with Crippen LogP contribution in [0.15, 0.2) is 24.3 Å². The fourth-order valence-corrected chi connectivity index (χ4v) is 5.05. The van der Waals surface area contributed by atoms with Gasteiger partial charge < -0.3 is 24.3 Å². The standard InChI is InChI=1S/C28H35ClN2O7/c1-15(2)30-18-8-9-19(21(29)12-18)28(34)38-27-25(16(3)32)23(35-6)13-24(36-7)26(27)20-10-11-31(5)22(20)14-37-17(4)33/h8-9,12-13,15,20,22,30H,10-11,14H2,1-7H3/t20-,22+/m1/s1. The third-order valence-corrected chi connectivity index (χ3v) is 6.84. The van der Waals surface area contributed by atoms with Crippen molar-refractivity contribution in [2.24, 2.45) is 0 Å². The number of esters is 2. The Morgan fingerprint density at radius 3 is 2.34 bits per heavy atom. The predicted molar refractivity (Wildman–Crippen MR) is 145 cm³/mol. The van der Waals surface area contributed by atoms with Gasteiger partial charge in [-0.2, -0.15) is 0 Å². The summed E-state index contributed by atoms with van der Waals surface area (Å²) in [7, 11) is 4.85. The van der Waals surface area contributed by atoms with Gasteiger partial charge in [0, 0.05) is 36.2 Å². The number of Topliss-reactive ketones (excluding diaryl/α,β-unsaturated/α-hetero) is 1. The molecular formula is C28H35ClN2O7. The number of nitrogens with zero attached hydrogens (tertiary/aromatic N) is 1. The van der Waals surface area contributed by atoms with Gasteiger partial charge in [-0.3, -0.25) is 14.5 Å². The van der Waals surface area contributed by atoms with Crippen molar-refractivity contribution < 1.29 is 33.3 Å². The fraction of sp³-hybridized carbons (Fsp3) is 0.464.